The van der Waals surface area contributed by atoms with Crippen molar-refractivity contribution in [3.05, 3.63) is 39.7 Å². The molecule has 114 valence electrons. The molecule has 1 unspecified atom stereocenters. The van der Waals surface area contributed by atoms with E-state index in [9.17, 15) is 0 Å². The molecule has 0 fully saturated rings. The second-order valence-electron chi connectivity index (χ2n) is 4.98. The Balaban J connectivity index is 2.05. The fourth-order valence-electron chi connectivity index (χ4n) is 1.93. The van der Waals surface area contributed by atoms with E-state index >= 15 is 0 Å². The highest BCUT2D eigenvalue weighted by atomic mass is 35.5. The minimum absolute atomic E-state index is 0.207. The summed E-state index contributed by atoms with van der Waals surface area (Å²) in [5.74, 6) is 0.689. The van der Waals surface area contributed by atoms with Gasteiger partial charge in [-0.15, -0.1) is 0 Å². The Hall–Kier alpha value is -1.30. The molecule has 1 N–H and O–H groups in total. The summed E-state index contributed by atoms with van der Waals surface area (Å²) in [6.45, 7) is 2.83. The number of nitrogens with one attached hydrogen (secondary N) is 1. The molecule has 21 heavy (non-hydrogen) atoms. The molecular formula is C15H20ClN3OS. The van der Waals surface area contributed by atoms with Gasteiger partial charge in [0.1, 0.15) is 0 Å². The second kappa shape index (κ2) is 7.11. The minimum Gasteiger partial charge on any atom is -0.480 e. The molecule has 4 nitrogen and oxygen atoms in total. The molecule has 1 aromatic carbocycles. The molecule has 0 aliphatic carbocycles. The highest BCUT2D eigenvalue weighted by Crippen LogP contribution is 2.30. The summed E-state index contributed by atoms with van der Waals surface area (Å²) in [6.07, 6.45) is 0. The number of nitrogens with zero attached hydrogens (tertiary/aromatic N) is 2. The summed E-state index contributed by atoms with van der Waals surface area (Å²) in [5, 5.41) is 5.18. The summed E-state index contributed by atoms with van der Waals surface area (Å²) in [4.78, 5) is 7.53. The first kappa shape index (κ1) is 16.1. The standard InChI is InChI=1S/C15H20ClN3OS/c1-10(11-6-5-7-12(16)8-11)17-9-13-14(20-4)18-15(21-13)19(2)3/h5-8,10,17H,9H2,1-4H3. The molecule has 0 spiro atoms. The van der Waals surface area contributed by atoms with Crippen LogP contribution < -0.4 is 15.0 Å². The molecule has 2 aromatic rings. The maximum atomic E-state index is 6.03. The van der Waals surface area contributed by atoms with E-state index in [1.807, 2.05) is 37.2 Å². The fraction of sp³-hybridized carbons (Fsp3) is 0.400. The molecule has 1 aromatic heterocycles. The Morgan fingerprint density at radius 3 is 2.81 bits per heavy atom. The van der Waals surface area contributed by atoms with Gasteiger partial charge in [0.05, 0.1) is 12.0 Å². The van der Waals surface area contributed by atoms with Crippen LogP contribution in [0.15, 0.2) is 24.3 Å². The molecule has 0 aliphatic heterocycles. The Kier molecular flexibility index (Phi) is 5.45. The third kappa shape index (κ3) is 4.09. The zero-order valence-electron chi connectivity index (χ0n) is 12.7. The first-order valence-electron chi connectivity index (χ1n) is 6.71. The van der Waals surface area contributed by atoms with Crippen molar-refractivity contribution in [2.75, 3.05) is 26.1 Å². The van der Waals surface area contributed by atoms with E-state index in [4.69, 9.17) is 16.3 Å². The van der Waals surface area contributed by atoms with Gasteiger partial charge in [0, 0.05) is 31.7 Å². The summed E-state index contributed by atoms with van der Waals surface area (Å²) in [7, 11) is 5.60. The third-order valence-electron chi connectivity index (χ3n) is 3.14. The molecule has 1 atom stereocenters. The van der Waals surface area contributed by atoms with Gasteiger partial charge in [-0.05, 0) is 24.6 Å². The van der Waals surface area contributed by atoms with E-state index in [0.717, 1.165) is 15.0 Å². The first-order chi connectivity index (χ1) is 10.0. The number of aromatic nitrogens is 1. The topological polar surface area (TPSA) is 37.4 Å². The second-order valence-corrected chi connectivity index (χ2v) is 6.48. The van der Waals surface area contributed by atoms with Crippen LogP contribution in [-0.4, -0.2) is 26.2 Å². The molecule has 0 bridgehead atoms. The van der Waals surface area contributed by atoms with Crippen LogP contribution in [0.5, 0.6) is 5.88 Å². The number of rotatable bonds is 6. The number of methoxy groups -OCH3 is 1. The lowest BCUT2D eigenvalue weighted by atomic mass is 10.1. The Labute approximate surface area is 134 Å². The van der Waals surface area contributed by atoms with Crippen LogP contribution in [0.25, 0.3) is 0 Å². The molecule has 0 saturated carbocycles. The quantitative estimate of drug-likeness (QED) is 0.878. The van der Waals surface area contributed by atoms with Crippen molar-refractivity contribution in [1.82, 2.24) is 10.3 Å². The average Bonchev–Trinajstić information content (AvgIpc) is 2.88. The summed E-state index contributed by atoms with van der Waals surface area (Å²) < 4.78 is 5.34. The number of hydrogen-bond donors (Lipinski definition) is 1. The summed E-state index contributed by atoms with van der Waals surface area (Å²) in [6, 6.07) is 8.10. The number of anilines is 1. The van der Waals surface area contributed by atoms with Gasteiger partial charge in [-0.25, -0.2) is 0 Å². The van der Waals surface area contributed by atoms with E-state index < -0.39 is 0 Å². The lowest BCUT2D eigenvalue weighted by Gasteiger charge is -2.14. The lowest BCUT2D eigenvalue weighted by molar-refractivity contribution is 0.393. The third-order valence-corrected chi connectivity index (χ3v) is 4.58. The molecule has 0 amide bonds. The van der Waals surface area contributed by atoms with Crippen molar-refractivity contribution < 1.29 is 4.74 Å². The SMILES string of the molecule is COc1nc(N(C)C)sc1CNC(C)c1cccc(Cl)c1. The zero-order chi connectivity index (χ0) is 15.4. The van der Waals surface area contributed by atoms with Gasteiger partial charge in [0.2, 0.25) is 5.88 Å². The molecular weight excluding hydrogens is 306 g/mol. The number of halogens is 1. The molecule has 6 heteroatoms. The van der Waals surface area contributed by atoms with E-state index in [1.54, 1.807) is 18.4 Å². The van der Waals surface area contributed by atoms with E-state index in [1.165, 1.54) is 5.56 Å². The van der Waals surface area contributed by atoms with E-state index in [-0.39, 0.29) is 6.04 Å². The van der Waals surface area contributed by atoms with Crippen molar-refractivity contribution in [3.63, 3.8) is 0 Å². The predicted octanol–water partition coefficient (Wildman–Crippen LogP) is 3.72. The van der Waals surface area contributed by atoms with E-state index in [2.05, 4.69) is 23.3 Å². The highest BCUT2D eigenvalue weighted by molar-refractivity contribution is 7.15. The highest BCUT2D eigenvalue weighted by Gasteiger charge is 2.14. The molecule has 0 aliphatic rings. The van der Waals surface area contributed by atoms with Gasteiger partial charge in [-0.2, -0.15) is 4.98 Å². The minimum atomic E-state index is 0.207. The monoisotopic (exact) mass is 325 g/mol. The molecule has 1 heterocycles. The maximum Gasteiger partial charge on any atom is 0.230 e. The van der Waals surface area contributed by atoms with Crippen LogP contribution in [-0.2, 0) is 6.54 Å². The fourth-order valence-corrected chi connectivity index (χ4v) is 3.03. The first-order valence-corrected chi connectivity index (χ1v) is 7.90. The Bertz CT molecular complexity index is 600. The van der Waals surface area contributed by atoms with Gasteiger partial charge in [-0.3, -0.25) is 0 Å². The normalized spacial score (nSPS) is 12.2. The van der Waals surface area contributed by atoms with Crippen molar-refractivity contribution >= 4 is 28.1 Å². The van der Waals surface area contributed by atoms with Crippen LogP contribution in [0.2, 0.25) is 5.02 Å². The Morgan fingerprint density at radius 1 is 1.43 bits per heavy atom. The van der Waals surface area contributed by atoms with E-state index in [0.29, 0.717) is 12.4 Å². The molecule has 0 radical (unpaired) electrons. The molecule has 2 rings (SSSR count). The van der Waals surface area contributed by atoms with Crippen molar-refractivity contribution in [2.24, 2.45) is 0 Å². The lowest BCUT2D eigenvalue weighted by Crippen LogP contribution is -2.17. The van der Waals surface area contributed by atoms with Gasteiger partial charge >= 0.3 is 0 Å². The van der Waals surface area contributed by atoms with Crippen molar-refractivity contribution in [1.29, 1.82) is 0 Å². The van der Waals surface area contributed by atoms with Gasteiger partial charge in [-0.1, -0.05) is 35.1 Å². The van der Waals surface area contributed by atoms with Crippen LogP contribution in [0, 0.1) is 0 Å². The number of ether oxygens (including phenoxy) is 1. The van der Waals surface area contributed by atoms with Crippen LogP contribution in [0.1, 0.15) is 23.4 Å². The zero-order valence-corrected chi connectivity index (χ0v) is 14.3. The smallest absolute Gasteiger partial charge is 0.230 e. The van der Waals surface area contributed by atoms with Crippen LogP contribution in [0.3, 0.4) is 0 Å². The summed E-state index contributed by atoms with van der Waals surface area (Å²) >= 11 is 7.66. The largest absolute Gasteiger partial charge is 0.480 e. The van der Waals surface area contributed by atoms with Gasteiger partial charge < -0.3 is 15.0 Å². The van der Waals surface area contributed by atoms with Crippen LogP contribution in [0.4, 0.5) is 5.13 Å². The number of hydrogen-bond acceptors (Lipinski definition) is 5. The average molecular weight is 326 g/mol. The van der Waals surface area contributed by atoms with Gasteiger partial charge in [0.15, 0.2) is 5.13 Å². The number of benzene rings is 1. The predicted molar refractivity (Wildman–Crippen MR) is 89.7 cm³/mol. The van der Waals surface area contributed by atoms with Crippen LogP contribution >= 0.6 is 22.9 Å². The van der Waals surface area contributed by atoms with Crippen molar-refractivity contribution in [3.8, 4) is 5.88 Å². The van der Waals surface area contributed by atoms with Crippen molar-refractivity contribution in [2.45, 2.75) is 19.5 Å². The number of thiazole rings is 1. The summed E-state index contributed by atoms with van der Waals surface area (Å²) in [5.41, 5.74) is 1.17. The Morgan fingerprint density at radius 2 is 2.19 bits per heavy atom. The maximum absolute atomic E-state index is 6.03. The molecule has 0 saturated heterocycles. The van der Waals surface area contributed by atoms with Gasteiger partial charge in [0.25, 0.3) is 0 Å².